The van der Waals surface area contributed by atoms with Crippen LogP contribution in [-0.4, -0.2) is 6.47 Å². The van der Waals surface area contributed by atoms with Gasteiger partial charge in [-0.1, -0.05) is 90.0 Å². The molecule has 3 heteroatoms. The number of pyridine rings is 1. The molecule has 0 aliphatic heterocycles. The first-order valence-corrected chi connectivity index (χ1v) is 10.3. The molecular formula is C22H39NO2. The van der Waals surface area contributed by atoms with Gasteiger partial charge in [-0.15, -0.1) is 0 Å². The number of carbonyl (C=O) groups is 1. The van der Waals surface area contributed by atoms with E-state index in [9.17, 15) is 0 Å². The van der Waals surface area contributed by atoms with Gasteiger partial charge in [0.05, 0.1) is 0 Å². The smallest absolute Gasteiger partial charge is 0.168 e. The lowest BCUT2D eigenvalue weighted by Gasteiger charge is -2.02. The summed E-state index contributed by atoms with van der Waals surface area (Å²) in [6, 6.07) is 6.31. The average Bonchev–Trinajstić information content (AvgIpc) is 2.63. The molecular weight excluding hydrogens is 310 g/mol. The van der Waals surface area contributed by atoms with Crippen LogP contribution in [0, 0.1) is 0 Å². The zero-order valence-corrected chi connectivity index (χ0v) is 16.3. The maximum absolute atomic E-state index is 8.25. The van der Waals surface area contributed by atoms with E-state index in [1.807, 2.05) is 0 Å². The van der Waals surface area contributed by atoms with Gasteiger partial charge >= 0.3 is 0 Å². The maximum atomic E-state index is 8.25. The molecule has 0 atom stereocenters. The zero-order valence-electron chi connectivity index (χ0n) is 16.3. The predicted molar refractivity (Wildman–Crippen MR) is 103 cm³/mol. The number of nitrogens with zero attached hydrogens (tertiary/aromatic N) is 1. The average molecular weight is 350 g/mol. The Morgan fingerprint density at radius 3 is 1.44 bits per heavy atom. The first kappa shape index (κ1) is 23.6. The highest BCUT2D eigenvalue weighted by Gasteiger charge is 1.98. The third-order valence-electron chi connectivity index (χ3n) is 4.55. The van der Waals surface area contributed by atoms with Gasteiger partial charge in [0.15, 0.2) is 12.4 Å². The van der Waals surface area contributed by atoms with Crippen LogP contribution in [0.4, 0.5) is 0 Å². The molecule has 0 fully saturated rings. The van der Waals surface area contributed by atoms with E-state index < -0.39 is 6.47 Å². The summed E-state index contributed by atoms with van der Waals surface area (Å²) in [6.07, 6.45) is 24.4. The van der Waals surface area contributed by atoms with E-state index >= 15 is 0 Å². The van der Waals surface area contributed by atoms with Crippen molar-refractivity contribution in [2.24, 2.45) is 0 Å². The van der Waals surface area contributed by atoms with Gasteiger partial charge in [-0.05, 0) is 6.42 Å². The molecule has 0 N–H and O–H groups in total. The van der Waals surface area contributed by atoms with Crippen LogP contribution in [0.15, 0.2) is 30.6 Å². The number of hydrogen-bond donors (Lipinski definition) is 0. The summed E-state index contributed by atoms with van der Waals surface area (Å²) in [5.41, 5.74) is 0. The van der Waals surface area contributed by atoms with Crippen LogP contribution < -0.4 is 9.67 Å². The summed E-state index contributed by atoms with van der Waals surface area (Å²) in [4.78, 5) is 8.25. The molecule has 1 aromatic rings. The second kappa shape index (κ2) is 20.7. The lowest BCUT2D eigenvalue weighted by Crippen LogP contribution is -2.32. The minimum atomic E-state index is -0.500. The first-order valence-electron chi connectivity index (χ1n) is 10.3. The molecule has 0 aliphatic rings. The van der Waals surface area contributed by atoms with Gasteiger partial charge in [-0.25, -0.2) is 4.57 Å². The number of aromatic nitrogens is 1. The number of aryl methyl sites for hydroxylation is 1. The summed E-state index contributed by atoms with van der Waals surface area (Å²) in [6.45, 7) is 2.97. The molecule has 0 aliphatic carbocycles. The molecule has 0 saturated heterocycles. The van der Waals surface area contributed by atoms with E-state index in [4.69, 9.17) is 9.90 Å². The van der Waals surface area contributed by atoms with Crippen LogP contribution in [0.5, 0.6) is 0 Å². The van der Waals surface area contributed by atoms with Crippen molar-refractivity contribution in [3.63, 3.8) is 0 Å². The van der Waals surface area contributed by atoms with Crippen LogP contribution >= 0.6 is 0 Å². The van der Waals surface area contributed by atoms with Crippen molar-refractivity contribution in [3.8, 4) is 0 Å². The highest BCUT2D eigenvalue weighted by Crippen LogP contribution is 2.12. The highest BCUT2D eigenvalue weighted by molar-refractivity contribution is 5.29. The van der Waals surface area contributed by atoms with E-state index in [1.54, 1.807) is 0 Å². The topological polar surface area (TPSA) is 44.0 Å². The highest BCUT2D eigenvalue weighted by atomic mass is 16.3. The second-order valence-electron chi connectivity index (χ2n) is 6.81. The van der Waals surface area contributed by atoms with Crippen molar-refractivity contribution in [2.45, 2.75) is 103 Å². The Balaban J connectivity index is 0.00000178. The molecule has 3 nitrogen and oxygen atoms in total. The van der Waals surface area contributed by atoms with Gasteiger partial charge in [0.2, 0.25) is 0 Å². The fraction of sp³-hybridized carbons (Fsp3) is 0.727. The number of carboxylic acid groups (broad SMARTS) is 1. The van der Waals surface area contributed by atoms with Gasteiger partial charge in [-0.2, -0.15) is 0 Å². The van der Waals surface area contributed by atoms with Crippen molar-refractivity contribution in [2.75, 3.05) is 0 Å². The first-order chi connectivity index (χ1) is 12.3. The minimum absolute atomic E-state index is 0.500. The monoisotopic (exact) mass is 349 g/mol. The van der Waals surface area contributed by atoms with Crippen LogP contribution in [-0.2, 0) is 11.3 Å². The molecule has 0 saturated carbocycles. The molecule has 25 heavy (non-hydrogen) atoms. The van der Waals surface area contributed by atoms with Gasteiger partial charge in [-0.3, -0.25) is 0 Å². The number of carbonyl (C=O) groups excluding carboxylic acids is 1. The van der Waals surface area contributed by atoms with Gasteiger partial charge in [0, 0.05) is 25.0 Å². The van der Waals surface area contributed by atoms with E-state index in [0.717, 1.165) is 0 Å². The molecule has 0 bridgehead atoms. The van der Waals surface area contributed by atoms with Crippen LogP contribution in [0.1, 0.15) is 96.8 Å². The zero-order chi connectivity index (χ0) is 18.4. The molecule has 0 aromatic carbocycles. The van der Waals surface area contributed by atoms with E-state index in [1.165, 1.54) is 96.4 Å². The SMILES string of the molecule is CCCCCCCCCCCCCCCC[n+]1ccccc1.O=C[O-]. The Hall–Kier alpha value is -1.38. The van der Waals surface area contributed by atoms with E-state index in [-0.39, 0.29) is 0 Å². The van der Waals surface area contributed by atoms with Crippen molar-refractivity contribution < 1.29 is 14.5 Å². The third kappa shape index (κ3) is 18.8. The van der Waals surface area contributed by atoms with Crippen molar-refractivity contribution >= 4 is 6.47 Å². The van der Waals surface area contributed by atoms with Gasteiger partial charge in [0.25, 0.3) is 0 Å². The molecule has 0 radical (unpaired) electrons. The third-order valence-corrected chi connectivity index (χ3v) is 4.55. The molecule has 144 valence electrons. The largest absolute Gasteiger partial charge is 0.554 e. The van der Waals surface area contributed by atoms with Crippen molar-refractivity contribution in [3.05, 3.63) is 30.6 Å². The molecule has 1 heterocycles. The second-order valence-corrected chi connectivity index (χ2v) is 6.81. The quantitative estimate of drug-likeness (QED) is 0.259. The van der Waals surface area contributed by atoms with E-state index in [2.05, 4.69) is 42.1 Å². The maximum Gasteiger partial charge on any atom is 0.168 e. The number of rotatable bonds is 15. The Morgan fingerprint density at radius 2 is 1.04 bits per heavy atom. The molecule has 0 unspecified atom stereocenters. The van der Waals surface area contributed by atoms with Crippen molar-refractivity contribution in [1.82, 2.24) is 0 Å². The van der Waals surface area contributed by atoms with Gasteiger partial charge < -0.3 is 9.90 Å². The fourth-order valence-electron chi connectivity index (χ4n) is 3.07. The summed E-state index contributed by atoms with van der Waals surface area (Å²) in [7, 11) is 0. The summed E-state index contributed by atoms with van der Waals surface area (Å²) in [5.74, 6) is 0. The fourth-order valence-corrected chi connectivity index (χ4v) is 3.07. The number of hydrogen-bond acceptors (Lipinski definition) is 2. The van der Waals surface area contributed by atoms with Gasteiger partial charge in [0.1, 0.15) is 6.54 Å². The lowest BCUT2D eigenvalue weighted by molar-refractivity contribution is -0.697. The Kier molecular flexibility index (Phi) is 19.5. The normalized spacial score (nSPS) is 10.1. The Morgan fingerprint density at radius 1 is 0.680 bits per heavy atom. The van der Waals surface area contributed by atoms with Crippen LogP contribution in [0.25, 0.3) is 0 Å². The van der Waals surface area contributed by atoms with Crippen LogP contribution in [0.2, 0.25) is 0 Å². The molecule has 0 spiro atoms. The van der Waals surface area contributed by atoms with E-state index in [0.29, 0.717) is 0 Å². The van der Waals surface area contributed by atoms with Crippen LogP contribution in [0.3, 0.4) is 0 Å². The number of unbranched alkanes of at least 4 members (excludes halogenated alkanes) is 13. The molecule has 1 aromatic heterocycles. The summed E-state index contributed by atoms with van der Waals surface area (Å²) >= 11 is 0. The predicted octanol–water partition coefficient (Wildman–Crippen LogP) is 4.82. The standard InChI is InChI=1S/C21H38N.CH2O2/c1-2-3-4-5-6-7-8-9-10-11-12-13-14-16-19-22-20-17-15-18-21-22;2-1-3/h15,17-18,20-21H,2-14,16,19H2,1H3;1H,(H,2,3)/q+1;/p-1. The minimum Gasteiger partial charge on any atom is -0.554 e. The summed E-state index contributed by atoms with van der Waals surface area (Å²) in [5, 5.41) is 8.25. The van der Waals surface area contributed by atoms with Crippen molar-refractivity contribution in [1.29, 1.82) is 0 Å². The lowest BCUT2D eigenvalue weighted by atomic mass is 10.0. The Bertz CT molecular complexity index is 368. The molecule has 1 rings (SSSR count). The summed E-state index contributed by atoms with van der Waals surface area (Å²) < 4.78 is 2.29. The molecule has 0 amide bonds. The Labute approximate surface area is 155 Å².